The van der Waals surface area contributed by atoms with Crippen LogP contribution < -0.4 is 0 Å². The Morgan fingerprint density at radius 2 is 2.14 bits per heavy atom. The lowest BCUT2D eigenvalue weighted by atomic mass is 10.2. The third kappa shape index (κ3) is 1.91. The van der Waals surface area contributed by atoms with Gasteiger partial charge in [0.2, 0.25) is 0 Å². The van der Waals surface area contributed by atoms with Crippen LogP contribution in [0.2, 0.25) is 0 Å². The van der Waals surface area contributed by atoms with Crippen molar-refractivity contribution in [3.8, 4) is 0 Å². The summed E-state index contributed by atoms with van der Waals surface area (Å²) < 4.78 is 11.0. The average Bonchev–Trinajstić information content (AvgIpc) is 2.75. The minimum Gasteiger partial charge on any atom is -0.469 e. The molecule has 0 radical (unpaired) electrons. The molecule has 0 bridgehead atoms. The van der Waals surface area contributed by atoms with Gasteiger partial charge in [-0.15, -0.1) is 0 Å². The number of furan rings is 2. The predicted octanol–water partition coefficient (Wildman–Crippen LogP) is 2.91. The van der Waals surface area contributed by atoms with Gasteiger partial charge < -0.3 is 13.9 Å². The molecular formula is C10H9BrO3. The van der Waals surface area contributed by atoms with E-state index in [9.17, 15) is 5.11 Å². The third-order valence-electron chi connectivity index (χ3n) is 1.92. The molecule has 0 aliphatic heterocycles. The van der Waals surface area contributed by atoms with E-state index in [-0.39, 0.29) is 0 Å². The first-order valence-corrected chi connectivity index (χ1v) is 5.00. The van der Waals surface area contributed by atoms with E-state index in [1.54, 1.807) is 18.4 Å². The molecule has 2 heterocycles. The minimum atomic E-state index is -0.675. The van der Waals surface area contributed by atoms with E-state index >= 15 is 0 Å². The molecule has 3 nitrogen and oxygen atoms in total. The lowest BCUT2D eigenvalue weighted by molar-refractivity contribution is 0.142. The smallest absolute Gasteiger partial charge is 0.146 e. The van der Waals surface area contributed by atoms with Crippen LogP contribution in [0.25, 0.3) is 0 Å². The second kappa shape index (κ2) is 4.02. The highest BCUT2D eigenvalue weighted by molar-refractivity contribution is 9.10. The molecule has 1 unspecified atom stereocenters. The number of aliphatic hydroxyl groups excluding tert-OH is 1. The van der Waals surface area contributed by atoms with Crippen molar-refractivity contribution in [3.05, 3.63) is 46.7 Å². The molecule has 1 atom stereocenters. The van der Waals surface area contributed by atoms with E-state index in [4.69, 9.17) is 8.83 Å². The summed E-state index contributed by atoms with van der Waals surface area (Å²) in [6, 6.07) is 5.36. The van der Waals surface area contributed by atoms with Gasteiger partial charge in [-0.05, 0) is 34.1 Å². The first-order valence-electron chi connectivity index (χ1n) is 4.20. The zero-order valence-corrected chi connectivity index (χ0v) is 8.90. The lowest BCUT2D eigenvalue weighted by Gasteiger charge is -2.05. The van der Waals surface area contributed by atoms with Crippen LogP contribution in [0.5, 0.6) is 0 Å². The quantitative estimate of drug-likeness (QED) is 0.919. The van der Waals surface area contributed by atoms with Crippen LogP contribution >= 0.6 is 15.9 Å². The summed E-state index contributed by atoms with van der Waals surface area (Å²) in [5, 5.41) is 9.78. The number of hydrogen-bond acceptors (Lipinski definition) is 3. The van der Waals surface area contributed by atoms with Gasteiger partial charge in [0, 0.05) is 6.42 Å². The fourth-order valence-electron chi connectivity index (χ4n) is 1.26. The van der Waals surface area contributed by atoms with E-state index in [0.29, 0.717) is 12.2 Å². The van der Waals surface area contributed by atoms with E-state index in [1.165, 1.54) is 6.26 Å². The Bertz CT molecular complexity index is 391. The number of hydrogen-bond donors (Lipinski definition) is 1. The van der Waals surface area contributed by atoms with Crippen molar-refractivity contribution in [2.24, 2.45) is 0 Å². The monoisotopic (exact) mass is 256 g/mol. The Kier molecular flexibility index (Phi) is 2.74. The molecule has 2 aromatic heterocycles. The van der Waals surface area contributed by atoms with Gasteiger partial charge in [-0.3, -0.25) is 0 Å². The zero-order valence-electron chi connectivity index (χ0n) is 7.31. The van der Waals surface area contributed by atoms with Crippen molar-refractivity contribution in [3.63, 3.8) is 0 Å². The Balaban J connectivity index is 2.10. The normalized spacial score (nSPS) is 13.0. The fourth-order valence-corrected chi connectivity index (χ4v) is 1.72. The van der Waals surface area contributed by atoms with Crippen molar-refractivity contribution in [2.75, 3.05) is 0 Å². The van der Waals surface area contributed by atoms with Gasteiger partial charge in [0.05, 0.1) is 17.0 Å². The molecule has 0 aliphatic rings. The average molecular weight is 257 g/mol. The summed E-state index contributed by atoms with van der Waals surface area (Å²) in [7, 11) is 0. The Labute approximate surface area is 89.5 Å². The molecule has 0 saturated heterocycles. The fraction of sp³-hybridized carbons (Fsp3) is 0.200. The molecule has 0 saturated carbocycles. The van der Waals surface area contributed by atoms with Crippen LogP contribution in [-0.4, -0.2) is 5.11 Å². The highest BCUT2D eigenvalue weighted by atomic mass is 79.9. The first kappa shape index (κ1) is 9.55. The van der Waals surface area contributed by atoms with Gasteiger partial charge in [0.15, 0.2) is 0 Å². The van der Waals surface area contributed by atoms with Crippen molar-refractivity contribution in [2.45, 2.75) is 12.5 Å². The van der Waals surface area contributed by atoms with Crippen LogP contribution in [-0.2, 0) is 6.42 Å². The molecule has 1 N–H and O–H groups in total. The number of halogens is 1. The topological polar surface area (TPSA) is 46.5 Å². The molecule has 4 heteroatoms. The van der Waals surface area contributed by atoms with Crippen molar-refractivity contribution in [1.82, 2.24) is 0 Å². The summed E-state index contributed by atoms with van der Waals surface area (Å²) in [5.41, 5.74) is 0. The Morgan fingerprint density at radius 3 is 2.71 bits per heavy atom. The molecule has 14 heavy (non-hydrogen) atoms. The largest absolute Gasteiger partial charge is 0.469 e. The maximum atomic E-state index is 9.78. The number of aliphatic hydroxyl groups is 1. The van der Waals surface area contributed by atoms with Gasteiger partial charge in [-0.2, -0.15) is 0 Å². The molecular weight excluding hydrogens is 248 g/mol. The summed E-state index contributed by atoms with van der Waals surface area (Å²) >= 11 is 3.29. The maximum absolute atomic E-state index is 9.78. The maximum Gasteiger partial charge on any atom is 0.146 e. The van der Waals surface area contributed by atoms with Crippen molar-refractivity contribution < 1.29 is 13.9 Å². The lowest BCUT2D eigenvalue weighted by Crippen LogP contribution is -1.99. The van der Waals surface area contributed by atoms with Crippen LogP contribution in [0, 0.1) is 0 Å². The predicted molar refractivity (Wildman–Crippen MR) is 53.8 cm³/mol. The second-order valence-corrected chi connectivity index (χ2v) is 3.79. The van der Waals surface area contributed by atoms with Crippen molar-refractivity contribution in [1.29, 1.82) is 0 Å². The molecule has 0 fully saturated rings. The van der Waals surface area contributed by atoms with Gasteiger partial charge in [-0.25, -0.2) is 0 Å². The van der Waals surface area contributed by atoms with E-state index in [0.717, 1.165) is 10.2 Å². The Hall–Kier alpha value is -1.00. The van der Waals surface area contributed by atoms with Gasteiger partial charge in [0.25, 0.3) is 0 Å². The summed E-state index contributed by atoms with van der Waals surface area (Å²) in [6.07, 6.45) is 2.86. The number of rotatable bonds is 3. The molecule has 0 aromatic carbocycles. The SMILES string of the molecule is OC(Cc1ccco1)c1occc1Br. The zero-order chi connectivity index (χ0) is 9.97. The summed E-state index contributed by atoms with van der Waals surface area (Å²) in [5.74, 6) is 1.27. The molecule has 74 valence electrons. The highest BCUT2D eigenvalue weighted by Crippen LogP contribution is 2.26. The Morgan fingerprint density at radius 1 is 1.29 bits per heavy atom. The second-order valence-electron chi connectivity index (χ2n) is 2.93. The molecule has 2 rings (SSSR count). The summed E-state index contributed by atoms with van der Waals surface area (Å²) in [6.45, 7) is 0. The molecule has 0 amide bonds. The van der Waals surface area contributed by atoms with Gasteiger partial charge >= 0.3 is 0 Å². The van der Waals surface area contributed by atoms with Crippen LogP contribution in [0.3, 0.4) is 0 Å². The van der Waals surface area contributed by atoms with Crippen LogP contribution in [0.1, 0.15) is 17.6 Å². The van der Waals surface area contributed by atoms with E-state index < -0.39 is 6.10 Å². The highest BCUT2D eigenvalue weighted by Gasteiger charge is 2.16. The van der Waals surface area contributed by atoms with E-state index in [2.05, 4.69) is 15.9 Å². The molecule has 0 aliphatic carbocycles. The molecule has 2 aromatic rings. The third-order valence-corrected chi connectivity index (χ3v) is 2.58. The summed E-state index contributed by atoms with van der Waals surface area (Å²) in [4.78, 5) is 0. The van der Waals surface area contributed by atoms with E-state index in [1.807, 2.05) is 6.07 Å². The minimum absolute atomic E-state index is 0.416. The standard InChI is InChI=1S/C10H9BrO3/c11-8-3-5-14-10(8)9(12)6-7-2-1-4-13-7/h1-5,9,12H,6H2. The van der Waals surface area contributed by atoms with Crippen LogP contribution in [0.15, 0.2) is 44.0 Å². The first-order chi connectivity index (χ1) is 6.77. The van der Waals surface area contributed by atoms with Gasteiger partial charge in [0.1, 0.15) is 17.6 Å². The van der Waals surface area contributed by atoms with Gasteiger partial charge in [-0.1, -0.05) is 0 Å². The van der Waals surface area contributed by atoms with Crippen molar-refractivity contribution >= 4 is 15.9 Å². The van der Waals surface area contributed by atoms with Crippen LogP contribution in [0.4, 0.5) is 0 Å². The molecule has 0 spiro atoms.